The van der Waals surface area contributed by atoms with Crippen molar-refractivity contribution >= 4 is 28.9 Å². The van der Waals surface area contributed by atoms with Crippen molar-refractivity contribution in [2.45, 2.75) is 90.4 Å². The molecule has 1 unspecified atom stereocenters. The third-order valence-corrected chi connectivity index (χ3v) is 8.89. The first kappa shape index (κ1) is 32.3. The van der Waals surface area contributed by atoms with Gasteiger partial charge in [-0.15, -0.1) is 4.99 Å². The van der Waals surface area contributed by atoms with Gasteiger partial charge in [-0.1, -0.05) is 71.8 Å². The van der Waals surface area contributed by atoms with Crippen molar-refractivity contribution in [2.75, 3.05) is 6.54 Å². The first-order valence-corrected chi connectivity index (χ1v) is 16.6. The van der Waals surface area contributed by atoms with E-state index in [-0.39, 0.29) is 30.3 Å². The lowest BCUT2D eigenvalue weighted by Crippen LogP contribution is -2.51. The number of para-hydroxylation sites is 2. The van der Waals surface area contributed by atoms with Gasteiger partial charge in [-0.05, 0) is 90.0 Å². The summed E-state index contributed by atoms with van der Waals surface area (Å²) in [6.07, 6.45) is 2.91. The maximum Gasteiger partial charge on any atom is 0.437 e. The van der Waals surface area contributed by atoms with Gasteiger partial charge in [0.25, 0.3) is 0 Å². The number of hydrogen-bond donors (Lipinski definition) is 2. The van der Waals surface area contributed by atoms with E-state index in [4.69, 9.17) is 4.74 Å². The molecule has 9 heteroatoms. The van der Waals surface area contributed by atoms with E-state index in [2.05, 4.69) is 82.6 Å². The average molecular weight is 636 g/mol. The molecule has 9 nitrogen and oxygen atoms in total. The molecule has 0 aliphatic heterocycles. The van der Waals surface area contributed by atoms with Gasteiger partial charge in [-0.2, -0.15) is 0 Å². The lowest BCUT2D eigenvalue weighted by atomic mass is 10.0. The summed E-state index contributed by atoms with van der Waals surface area (Å²) in [5.41, 5.74) is 5.13. The first-order chi connectivity index (χ1) is 22.4. The molecule has 2 aliphatic rings. The molecule has 2 N–H and O–H groups in total. The number of imidazole rings is 1. The third kappa shape index (κ3) is 7.67. The van der Waals surface area contributed by atoms with Gasteiger partial charge in [0.05, 0.1) is 23.6 Å². The molecular formula is C38H45N5O4. The quantitative estimate of drug-likeness (QED) is 0.226. The predicted octanol–water partition coefficient (Wildman–Crippen LogP) is 5.90. The summed E-state index contributed by atoms with van der Waals surface area (Å²) in [5.74, 6) is -0.169. The highest BCUT2D eigenvalue weighted by Gasteiger charge is 2.52. The van der Waals surface area contributed by atoms with Gasteiger partial charge in [0, 0.05) is 12.5 Å². The number of ether oxygens (including phenoxy) is 1. The standard InChI is InChI=1S/C38H45N5O4/c1-25-10-14-27(15-11-25)22-30(23-39-34(45)38(20-21-38)41-33(44)29-18-19-29)43-32-9-7-6-8-31(32)42(24-28-16-12-26(2)13-17-28)35(43)40-36(46)47-37(3,4)5/h6-17,29-30H,18-24H2,1-5H3,(H,39,45)(H,41,44). The van der Waals surface area contributed by atoms with E-state index in [0.29, 0.717) is 31.4 Å². The molecule has 0 spiro atoms. The zero-order valence-corrected chi connectivity index (χ0v) is 28.0. The second-order valence-corrected chi connectivity index (χ2v) is 14.2. The number of nitrogens with zero attached hydrogens (tertiary/aromatic N) is 3. The van der Waals surface area contributed by atoms with Crippen LogP contribution >= 0.6 is 0 Å². The molecule has 2 fully saturated rings. The highest BCUT2D eigenvalue weighted by Crippen LogP contribution is 2.38. The Bertz CT molecular complexity index is 1850. The molecule has 1 heterocycles. The van der Waals surface area contributed by atoms with Crippen LogP contribution < -0.4 is 16.3 Å². The minimum atomic E-state index is -0.845. The van der Waals surface area contributed by atoms with Crippen molar-refractivity contribution in [3.8, 4) is 0 Å². The van der Waals surface area contributed by atoms with Crippen LogP contribution in [0.1, 0.15) is 74.8 Å². The van der Waals surface area contributed by atoms with Gasteiger partial charge in [-0.25, -0.2) is 4.79 Å². The summed E-state index contributed by atoms with van der Waals surface area (Å²) < 4.78 is 9.81. The van der Waals surface area contributed by atoms with Gasteiger partial charge in [0.2, 0.25) is 17.4 Å². The van der Waals surface area contributed by atoms with E-state index in [1.54, 1.807) is 0 Å². The molecular weight excluding hydrogens is 590 g/mol. The van der Waals surface area contributed by atoms with Crippen LogP contribution in [0.5, 0.6) is 0 Å². The molecule has 1 atom stereocenters. The minimum absolute atomic E-state index is 0.0270. The number of carbonyl (C=O) groups is 3. The molecule has 3 aromatic carbocycles. The molecule has 0 saturated heterocycles. The Labute approximate surface area is 276 Å². The molecule has 2 aliphatic carbocycles. The maximum absolute atomic E-state index is 13.7. The Morgan fingerprint density at radius 2 is 1.49 bits per heavy atom. The average Bonchev–Trinajstić information content (AvgIpc) is 3.95. The summed E-state index contributed by atoms with van der Waals surface area (Å²) in [7, 11) is 0. The van der Waals surface area contributed by atoms with Crippen LogP contribution in [-0.2, 0) is 27.3 Å². The predicted molar refractivity (Wildman–Crippen MR) is 182 cm³/mol. The molecule has 3 amide bonds. The van der Waals surface area contributed by atoms with Crippen LogP contribution in [0.4, 0.5) is 4.79 Å². The number of amides is 3. The number of nitrogens with one attached hydrogen (secondary N) is 2. The molecule has 0 radical (unpaired) electrons. The van der Waals surface area contributed by atoms with E-state index in [1.807, 2.05) is 49.6 Å². The van der Waals surface area contributed by atoms with Gasteiger partial charge < -0.3 is 24.5 Å². The molecule has 4 aromatic rings. The van der Waals surface area contributed by atoms with Crippen molar-refractivity contribution < 1.29 is 19.1 Å². The van der Waals surface area contributed by atoms with Crippen LogP contribution in [0.2, 0.25) is 0 Å². The Morgan fingerprint density at radius 1 is 0.894 bits per heavy atom. The Kier molecular flexibility index (Phi) is 8.83. The smallest absolute Gasteiger partial charge is 0.437 e. The zero-order chi connectivity index (χ0) is 33.3. The Morgan fingerprint density at radius 3 is 2.06 bits per heavy atom. The number of aromatic nitrogens is 2. The lowest BCUT2D eigenvalue weighted by molar-refractivity contribution is -0.130. The highest BCUT2D eigenvalue weighted by atomic mass is 16.6. The Hall–Kier alpha value is -4.66. The van der Waals surface area contributed by atoms with Crippen molar-refractivity contribution in [1.82, 2.24) is 19.8 Å². The van der Waals surface area contributed by atoms with E-state index in [0.717, 1.165) is 46.1 Å². The van der Waals surface area contributed by atoms with E-state index < -0.39 is 17.2 Å². The first-order valence-electron chi connectivity index (χ1n) is 16.6. The topological polar surface area (TPSA) is 107 Å². The minimum Gasteiger partial charge on any atom is -0.442 e. The summed E-state index contributed by atoms with van der Waals surface area (Å²) >= 11 is 0. The van der Waals surface area contributed by atoms with Gasteiger partial charge in [0.15, 0.2) is 0 Å². The summed E-state index contributed by atoms with van der Waals surface area (Å²) in [6.45, 7) is 10.3. The van der Waals surface area contributed by atoms with Crippen molar-refractivity contribution in [1.29, 1.82) is 0 Å². The fraction of sp³-hybridized carbons (Fsp3) is 0.421. The molecule has 47 heavy (non-hydrogen) atoms. The molecule has 1 aromatic heterocycles. The second-order valence-electron chi connectivity index (χ2n) is 14.2. The summed E-state index contributed by atoms with van der Waals surface area (Å²) in [4.78, 5) is 44.3. The largest absolute Gasteiger partial charge is 0.442 e. The number of hydrogen-bond acceptors (Lipinski definition) is 4. The number of fused-ring (bicyclic) bond motifs is 1. The third-order valence-electron chi connectivity index (χ3n) is 8.89. The molecule has 2 saturated carbocycles. The van der Waals surface area contributed by atoms with Crippen molar-refractivity contribution in [3.05, 3.63) is 101 Å². The van der Waals surface area contributed by atoms with Crippen molar-refractivity contribution in [3.63, 3.8) is 0 Å². The fourth-order valence-electron chi connectivity index (χ4n) is 5.96. The number of carbonyl (C=O) groups excluding carboxylic acids is 3. The zero-order valence-electron chi connectivity index (χ0n) is 28.0. The lowest BCUT2D eigenvalue weighted by Gasteiger charge is -2.24. The highest BCUT2D eigenvalue weighted by molar-refractivity contribution is 5.95. The van der Waals surface area contributed by atoms with Crippen LogP contribution in [-0.4, -0.2) is 44.7 Å². The SMILES string of the molecule is Cc1ccc(CC(CNC(=O)C2(NC(=O)C3CC3)CC2)n2c(=NC(=O)OC(C)(C)C)n(Cc3ccc(C)cc3)c3ccccc32)cc1. The van der Waals surface area contributed by atoms with Crippen LogP contribution in [0.15, 0.2) is 77.8 Å². The van der Waals surface area contributed by atoms with Crippen LogP contribution in [0.25, 0.3) is 11.0 Å². The van der Waals surface area contributed by atoms with E-state index in [9.17, 15) is 14.4 Å². The van der Waals surface area contributed by atoms with E-state index in [1.165, 1.54) is 0 Å². The number of benzene rings is 3. The van der Waals surface area contributed by atoms with E-state index >= 15 is 0 Å². The number of rotatable bonds is 10. The van der Waals surface area contributed by atoms with Crippen molar-refractivity contribution in [2.24, 2.45) is 10.9 Å². The summed E-state index contributed by atoms with van der Waals surface area (Å²) in [6, 6.07) is 24.4. The van der Waals surface area contributed by atoms with Gasteiger partial charge >= 0.3 is 6.09 Å². The maximum atomic E-state index is 13.7. The normalized spacial score (nSPS) is 16.5. The molecule has 6 rings (SSSR count). The second kappa shape index (κ2) is 12.9. The summed E-state index contributed by atoms with van der Waals surface area (Å²) in [5, 5.41) is 6.22. The van der Waals surface area contributed by atoms with Crippen LogP contribution in [0, 0.1) is 19.8 Å². The number of aryl methyl sites for hydroxylation is 2. The fourth-order valence-corrected chi connectivity index (χ4v) is 5.96. The Balaban J connectivity index is 1.44. The van der Waals surface area contributed by atoms with Gasteiger partial charge in [-0.3, -0.25) is 9.59 Å². The van der Waals surface area contributed by atoms with Gasteiger partial charge in [0.1, 0.15) is 11.1 Å². The monoisotopic (exact) mass is 635 g/mol. The molecule has 246 valence electrons. The van der Waals surface area contributed by atoms with Crippen LogP contribution in [0.3, 0.4) is 0 Å². The molecule has 0 bridgehead atoms.